The number of allylic oxidation sites excluding steroid dienone is 4. The van der Waals surface area contributed by atoms with Crippen molar-refractivity contribution in [3.63, 3.8) is 0 Å². The molecule has 4 atom stereocenters. The topological polar surface area (TPSA) is 149 Å². The number of aromatic nitrogens is 1. The van der Waals surface area contributed by atoms with Gasteiger partial charge in [-0.1, -0.05) is 36.9 Å². The molecule has 2 aliphatic rings. The van der Waals surface area contributed by atoms with Crippen LogP contribution in [0, 0.1) is 6.92 Å². The number of aryl methyl sites for hydroxylation is 1. The molecule has 2 amide bonds. The molecule has 1 aliphatic carbocycles. The minimum Gasteiger partial charge on any atom is -0.508 e. The summed E-state index contributed by atoms with van der Waals surface area (Å²) in [6.07, 6.45) is 8.18. The minimum atomic E-state index is -1.26. The van der Waals surface area contributed by atoms with Crippen LogP contribution in [0.25, 0.3) is 0 Å². The van der Waals surface area contributed by atoms with Crippen molar-refractivity contribution in [1.29, 1.82) is 0 Å². The number of benzene rings is 1. The number of aliphatic hydroxyl groups is 1. The highest BCUT2D eigenvalue weighted by Crippen LogP contribution is 2.53. The number of carbonyl (C=O) groups is 2. The van der Waals surface area contributed by atoms with Gasteiger partial charge in [-0.15, -0.1) is 0 Å². The summed E-state index contributed by atoms with van der Waals surface area (Å²) in [6.45, 7) is 10.1. The van der Waals surface area contributed by atoms with Crippen molar-refractivity contribution in [3.05, 3.63) is 99.0 Å². The number of nitrogens with zero attached hydrogens (tertiary/aromatic N) is 1. The van der Waals surface area contributed by atoms with E-state index in [-0.39, 0.29) is 30.2 Å². The van der Waals surface area contributed by atoms with E-state index >= 15 is 0 Å². The first-order chi connectivity index (χ1) is 19.4. The van der Waals surface area contributed by atoms with E-state index in [2.05, 4.69) is 21.8 Å². The first-order valence-electron chi connectivity index (χ1n) is 13.9. The van der Waals surface area contributed by atoms with Crippen LogP contribution in [-0.4, -0.2) is 63.2 Å². The Balaban J connectivity index is 1.74. The maximum atomic E-state index is 13.3. The second kappa shape index (κ2) is 11.5. The quantitative estimate of drug-likeness (QED) is 0.313. The Morgan fingerprint density at radius 3 is 2.71 bits per heavy atom. The number of primary amides is 1. The van der Waals surface area contributed by atoms with E-state index in [1.54, 1.807) is 36.4 Å². The Hall–Kier alpha value is -3.95. The highest BCUT2D eigenvalue weighted by molar-refractivity contribution is 5.97. The molecule has 4 unspecified atom stereocenters. The lowest BCUT2D eigenvalue weighted by Crippen LogP contribution is -2.70. The summed E-state index contributed by atoms with van der Waals surface area (Å²) in [5.74, 6) is -1.33. The lowest BCUT2D eigenvalue weighted by atomic mass is 9.53. The molecule has 2 heterocycles. The van der Waals surface area contributed by atoms with Crippen LogP contribution in [0.2, 0.25) is 0 Å². The van der Waals surface area contributed by atoms with Gasteiger partial charge in [0.15, 0.2) is 0 Å². The summed E-state index contributed by atoms with van der Waals surface area (Å²) in [5.41, 5.74) is 6.70. The van der Waals surface area contributed by atoms with Gasteiger partial charge in [0.1, 0.15) is 17.4 Å². The molecular formula is C32H40N4O5. The zero-order valence-electron chi connectivity index (χ0n) is 24.2. The van der Waals surface area contributed by atoms with Gasteiger partial charge in [0.2, 0.25) is 5.91 Å². The van der Waals surface area contributed by atoms with Gasteiger partial charge in [0.25, 0.3) is 11.5 Å². The van der Waals surface area contributed by atoms with E-state index in [4.69, 9.17) is 5.73 Å². The fourth-order valence-corrected chi connectivity index (χ4v) is 6.54. The number of nitrogens with two attached hydrogens (primary N) is 1. The average Bonchev–Trinajstić information content (AvgIpc) is 2.93. The molecule has 0 radical (unpaired) electrons. The fourth-order valence-electron chi connectivity index (χ4n) is 6.54. The average molecular weight is 561 g/mol. The van der Waals surface area contributed by atoms with Gasteiger partial charge in [-0.05, 0) is 81.2 Å². The first-order valence-corrected chi connectivity index (χ1v) is 13.9. The standard InChI is InChI=1S/C32H40N4O5/c1-6-8-9-21(7-2)14-26(28(33)38)34-29(39)24-15-22-17-32(41)20(4)36(5)13-12-31(32,18-27(22)35-30(24)40)25-16-23(37)11-10-19(25)3/h6-11,15-16,20,26,37,41H,1,12-14,17-18H2,2-5H3,(H2,33,38)(H,34,39)(H,35,40). The smallest absolute Gasteiger partial charge is 0.261 e. The number of likely N-dealkylation sites (N-methyl/N-ethyl adjacent to an activating group) is 1. The van der Waals surface area contributed by atoms with Gasteiger partial charge in [0.05, 0.1) is 5.60 Å². The molecule has 6 N–H and O–H groups in total. The van der Waals surface area contributed by atoms with Gasteiger partial charge in [-0.3, -0.25) is 14.4 Å². The third kappa shape index (κ3) is 5.39. The SMILES string of the molecule is C=CC=CC(=CC)CC(NC(=O)c1cc2c([nH]c1=O)CC1(c3cc(O)ccc3C)CCN(C)C(C)C1(O)C2)C(N)=O. The van der Waals surface area contributed by atoms with E-state index < -0.39 is 34.4 Å². The number of aromatic amines is 1. The number of piperidine rings is 1. The summed E-state index contributed by atoms with van der Waals surface area (Å²) in [4.78, 5) is 43.8. The zero-order valence-corrected chi connectivity index (χ0v) is 24.2. The molecule has 0 bridgehead atoms. The predicted molar refractivity (Wildman–Crippen MR) is 159 cm³/mol. The number of carbonyl (C=O) groups excluding carboxylic acids is 2. The van der Waals surface area contributed by atoms with Crippen LogP contribution >= 0.6 is 0 Å². The third-order valence-electron chi connectivity index (χ3n) is 9.11. The number of aromatic hydroxyl groups is 1. The van der Waals surface area contributed by atoms with Crippen molar-refractivity contribution in [2.75, 3.05) is 13.6 Å². The molecule has 1 saturated heterocycles. The van der Waals surface area contributed by atoms with Gasteiger partial charge in [-0.25, -0.2) is 0 Å². The normalized spacial score (nSPS) is 25.3. The lowest BCUT2D eigenvalue weighted by Gasteiger charge is -2.59. The van der Waals surface area contributed by atoms with Crippen LogP contribution in [0.15, 0.2) is 65.5 Å². The Labute approximate surface area is 240 Å². The van der Waals surface area contributed by atoms with Crippen molar-refractivity contribution in [2.24, 2.45) is 5.73 Å². The second-order valence-corrected chi connectivity index (χ2v) is 11.4. The molecule has 9 heteroatoms. The number of fused-ring (bicyclic) bond motifs is 2. The number of amides is 2. The van der Waals surface area contributed by atoms with E-state index in [1.807, 2.05) is 33.9 Å². The molecular weight excluding hydrogens is 520 g/mol. The summed E-state index contributed by atoms with van der Waals surface area (Å²) >= 11 is 0. The van der Waals surface area contributed by atoms with Crippen molar-refractivity contribution >= 4 is 11.8 Å². The molecule has 0 saturated carbocycles. The fraction of sp³-hybridized carbons (Fsp3) is 0.406. The molecule has 0 spiro atoms. The van der Waals surface area contributed by atoms with Crippen LogP contribution in [-0.2, 0) is 23.1 Å². The number of phenols is 1. The molecule has 1 fully saturated rings. The third-order valence-corrected chi connectivity index (χ3v) is 9.11. The first kappa shape index (κ1) is 30.0. The van der Waals surface area contributed by atoms with Gasteiger partial charge in [0, 0.05) is 36.4 Å². The van der Waals surface area contributed by atoms with E-state index in [1.165, 1.54) is 6.07 Å². The lowest BCUT2D eigenvalue weighted by molar-refractivity contribution is -0.132. The predicted octanol–water partition coefficient (Wildman–Crippen LogP) is 2.54. The number of H-pyrrole nitrogens is 1. The van der Waals surface area contributed by atoms with Crippen molar-refractivity contribution in [3.8, 4) is 5.75 Å². The van der Waals surface area contributed by atoms with Gasteiger partial charge in [-0.2, -0.15) is 0 Å². The maximum Gasteiger partial charge on any atom is 0.261 e. The number of hydrogen-bond acceptors (Lipinski definition) is 6. The zero-order chi connectivity index (χ0) is 30.1. The van der Waals surface area contributed by atoms with Gasteiger partial charge < -0.3 is 31.1 Å². The van der Waals surface area contributed by atoms with Crippen molar-refractivity contribution < 1.29 is 19.8 Å². The number of likely N-dealkylation sites (tertiary alicyclic amines) is 1. The number of hydrogen-bond donors (Lipinski definition) is 5. The summed E-state index contributed by atoms with van der Waals surface area (Å²) < 4.78 is 0. The Morgan fingerprint density at radius 1 is 1.32 bits per heavy atom. The molecule has 218 valence electrons. The van der Waals surface area contributed by atoms with E-state index in [0.717, 1.165) is 23.2 Å². The summed E-state index contributed by atoms with van der Waals surface area (Å²) in [5, 5.41) is 25.5. The minimum absolute atomic E-state index is 0.116. The molecule has 1 aromatic carbocycles. The van der Waals surface area contributed by atoms with Crippen LogP contribution < -0.4 is 16.6 Å². The second-order valence-electron chi connectivity index (χ2n) is 11.4. The number of pyridine rings is 1. The molecule has 1 aliphatic heterocycles. The maximum absolute atomic E-state index is 13.3. The summed E-state index contributed by atoms with van der Waals surface area (Å²) in [7, 11) is 1.97. The largest absolute Gasteiger partial charge is 0.508 e. The van der Waals surface area contributed by atoms with Crippen LogP contribution in [0.1, 0.15) is 59.4 Å². The molecule has 1 aromatic heterocycles. The van der Waals surface area contributed by atoms with E-state index in [0.29, 0.717) is 24.1 Å². The van der Waals surface area contributed by atoms with Crippen LogP contribution in [0.3, 0.4) is 0 Å². The highest BCUT2D eigenvalue weighted by Gasteiger charge is 2.60. The van der Waals surface area contributed by atoms with Crippen LogP contribution in [0.5, 0.6) is 5.75 Å². The molecule has 41 heavy (non-hydrogen) atoms. The molecule has 2 aromatic rings. The Morgan fingerprint density at radius 2 is 2.05 bits per heavy atom. The van der Waals surface area contributed by atoms with Crippen LogP contribution in [0.4, 0.5) is 0 Å². The number of rotatable bonds is 8. The van der Waals surface area contributed by atoms with Crippen molar-refractivity contribution in [2.45, 2.75) is 69.6 Å². The monoisotopic (exact) mass is 560 g/mol. The van der Waals surface area contributed by atoms with E-state index in [9.17, 15) is 24.6 Å². The van der Waals surface area contributed by atoms with Gasteiger partial charge >= 0.3 is 0 Å². The molecule has 4 rings (SSSR count). The number of phenolic OH excluding ortho intramolecular Hbond substituents is 1. The highest BCUT2D eigenvalue weighted by atomic mass is 16.3. The Bertz CT molecular complexity index is 1490. The summed E-state index contributed by atoms with van der Waals surface area (Å²) in [6, 6.07) is 5.43. The molecule has 9 nitrogen and oxygen atoms in total. The Kier molecular flexibility index (Phi) is 8.42. The number of nitrogens with one attached hydrogen (secondary N) is 2. The van der Waals surface area contributed by atoms with Crippen molar-refractivity contribution in [1.82, 2.24) is 15.2 Å².